The van der Waals surface area contributed by atoms with Gasteiger partial charge in [-0.3, -0.25) is 9.69 Å². The first kappa shape index (κ1) is 26.0. The molecule has 0 aliphatic carbocycles. The molecular weight excluding hydrogens is 490 g/mol. The molecule has 0 saturated carbocycles. The van der Waals surface area contributed by atoms with Gasteiger partial charge in [0.2, 0.25) is 0 Å². The lowest BCUT2D eigenvalue weighted by atomic mass is 9.91. The van der Waals surface area contributed by atoms with Gasteiger partial charge in [0, 0.05) is 22.8 Å². The van der Waals surface area contributed by atoms with E-state index in [9.17, 15) is 14.4 Å². The van der Waals surface area contributed by atoms with Crippen LogP contribution in [-0.4, -0.2) is 36.0 Å². The van der Waals surface area contributed by atoms with Crippen LogP contribution in [0.15, 0.2) is 84.4 Å². The number of anilines is 1. The number of nitrogens with one attached hydrogen (secondary N) is 2. The van der Waals surface area contributed by atoms with E-state index < -0.39 is 12.0 Å². The lowest BCUT2D eigenvalue weighted by molar-refractivity contribution is -0.138. The first-order valence-electron chi connectivity index (χ1n) is 12.1. The van der Waals surface area contributed by atoms with Crippen LogP contribution in [0.3, 0.4) is 0 Å². The van der Waals surface area contributed by atoms with Crippen LogP contribution in [0.5, 0.6) is 0 Å². The molecule has 1 atom stereocenters. The summed E-state index contributed by atoms with van der Waals surface area (Å²) in [5, 5.41) is 6.37. The Morgan fingerprint density at radius 3 is 2.27 bits per heavy atom. The van der Waals surface area contributed by atoms with Gasteiger partial charge in [-0.1, -0.05) is 61.0 Å². The zero-order valence-corrected chi connectivity index (χ0v) is 21.4. The highest BCUT2D eigenvalue weighted by atomic mass is 35.5. The van der Waals surface area contributed by atoms with E-state index in [2.05, 4.69) is 10.6 Å². The van der Waals surface area contributed by atoms with E-state index >= 15 is 0 Å². The molecule has 4 rings (SSSR count). The van der Waals surface area contributed by atoms with Crippen LogP contribution in [0.4, 0.5) is 10.5 Å². The summed E-state index contributed by atoms with van der Waals surface area (Å²) in [4.78, 5) is 40.7. The molecule has 0 spiro atoms. The van der Waals surface area contributed by atoms with Gasteiger partial charge >= 0.3 is 12.0 Å². The quantitative estimate of drug-likeness (QED) is 0.356. The van der Waals surface area contributed by atoms with Crippen molar-refractivity contribution in [2.24, 2.45) is 0 Å². The van der Waals surface area contributed by atoms with Crippen molar-refractivity contribution in [1.82, 2.24) is 10.2 Å². The Morgan fingerprint density at radius 1 is 0.973 bits per heavy atom. The van der Waals surface area contributed by atoms with Crippen LogP contribution in [0, 0.1) is 0 Å². The van der Waals surface area contributed by atoms with E-state index in [1.54, 1.807) is 60.4 Å². The molecule has 8 heteroatoms. The maximum absolute atomic E-state index is 13.3. The van der Waals surface area contributed by atoms with E-state index in [0.717, 1.165) is 5.56 Å². The van der Waals surface area contributed by atoms with Crippen molar-refractivity contribution in [3.63, 3.8) is 0 Å². The van der Waals surface area contributed by atoms with Crippen LogP contribution in [0.2, 0.25) is 5.02 Å². The van der Waals surface area contributed by atoms with E-state index in [4.69, 9.17) is 16.3 Å². The lowest BCUT2D eigenvalue weighted by Gasteiger charge is -2.36. The second kappa shape index (κ2) is 11.8. The van der Waals surface area contributed by atoms with Crippen LogP contribution < -0.4 is 10.6 Å². The fourth-order valence-corrected chi connectivity index (χ4v) is 4.36. The number of nitrogens with zero attached hydrogens (tertiary/aromatic N) is 1. The van der Waals surface area contributed by atoms with Gasteiger partial charge < -0.3 is 15.4 Å². The summed E-state index contributed by atoms with van der Waals surface area (Å²) in [7, 11) is 0. The van der Waals surface area contributed by atoms with Gasteiger partial charge in [0.05, 0.1) is 23.9 Å². The molecule has 3 amide bonds. The van der Waals surface area contributed by atoms with Crippen molar-refractivity contribution in [1.29, 1.82) is 0 Å². The standard InChI is InChI=1S/C29H28ClN3O4/c1-3-18-33-26(20-8-6-5-7-9-20)24(28(35)37-4-2)25(32-29(33)36)19-12-16-23(17-13-19)31-27(34)21-10-14-22(30)15-11-21/h5-17,25H,3-4,18H2,1-2H3,(H,31,34)(H,32,36). The van der Waals surface area contributed by atoms with Gasteiger partial charge in [0.15, 0.2) is 0 Å². The molecule has 1 aliphatic rings. The zero-order chi connectivity index (χ0) is 26.4. The average Bonchev–Trinajstić information content (AvgIpc) is 2.91. The third kappa shape index (κ3) is 5.84. The van der Waals surface area contributed by atoms with Gasteiger partial charge in [-0.2, -0.15) is 0 Å². The minimum Gasteiger partial charge on any atom is -0.463 e. The number of ether oxygens (including phenoxy) is 1. The normalized spacial score (nSPS) is 15.3. The Kier molecular flexibility index (Phi) is 8.25. The molecule has 0 bridgehead atoms. The molecule has 0 fully saturated rings. The minimum atomic E-state index is -0.726. The predicted octanol–water partition coefficient (Wildman–Crippen LogP) is 6.04. The summed E-state index contributed by atoms with van der Waals surface area (Å²) in [6.07, 6.45) is 0.715. The number of urea groups is 1. The molecule has 3 aromatic carbocycles. The van der Waals surface area contributed by atoms with Crippen molar-refractivity contribution in [3.8, 4) is 0 Å². The van der Waals surface area contributed by atoms with Crippen molar-refractivity contribution in [2.45, 2.75) is 26.3 Å². The van der Waals surface area contributed by atoms with Gasteiger partial charge in [-0.05, 0) is 60.9 Å². The molecular formula is C29H28ClN3O4. The number of carbonyl (C=O) groups is 3. The summed E-state index contributed by atoms with van der Waals surface area (Å²) < 4.78 is 5.44. The summed E-state index contributed by atoms with van der Waals surface area (Å²) in [5.74, 6) is -0.767. The fourth-order valence-electron chi connectivity index (χ4n) is 4.24. The summed E-state index contributed by atoms with van der Waals surface area (Å²) in [6, 6.07) is 22.0. The highest BCUT2D eigenvalue weighted by Gasteiger charge is 2.38. The Balaban J connectivity index is 1.71. The number of hydrogen-bond acceptors (Lipinski definition) is 4. The van der Waals surface area contributed by atoms with E-state index in [-0.39, 0.29) is 18.5 Å². The molecule has 190 valence electrons. The molecule has 0 radical (unpaired) electrons. The maximum atomic E-state index is 13.3. The number of amides is 3. The van der Waals surface area contributed by atoms with Crippen molar-refractivity contribution < 1.29 is 19.1 Å². The molecule has 1 heterocycles. The molecule has 3 aromatic rings. The number of rotatable bonds is 8. The Hall–Kier alpha value is -4.10. The van der Waals surface area contributed by atoms with Crippen LogP contribution in [0.25, 0.3) is 5.70 Å². The van der Waals surface area contributed by atoms with Gasteiger partial charge in [0.1, 0.15) is 0 Å². The smallest absolute Gasteiger partial charge is 0.338 e. The third-order valence-electron chi connectivity index (χ3n) is 5.92. The highest BCUT2D eigenvalue weighted by Crippen LogP contribution is 2.37. The summed E-state index contributed by atoms with van der Waals surface area (Å²) in [5.41, 5.74) is 3.39. The van der Waals surface area contributed by atoms with Crippen molar-refractivity contribution in [2.75, 3.05) is 18.5 Å². The molecule has 1 unspecified atom stereocenters. The van der Waals surface area contributed by atoms with Gasteiger partial charge in [-0.25, -0.2) is 9.59 Å². The fraction of sp³-hybridized carbons (Fsp3) is 0.207. The Morgan fingerprint density at radius 2 is 1.65 bits per heavy atom. The maximum Gasteiger partial charge on any atom is 0.338 e. The third-order valence-corrected chi connectivity index (χ3v) is 6.18. The van der Waals surface area contributed by atoms with E-state index in [0.29, 0.717) is 46.1 Å². The Bertz CT molecular complexity index is 1310. The van der Waals surface area contributed by atoms with Gasteiger partial charge in [-0.15, -0.1) is 0 Å². The first-order valence-corrected chi connectivity index (χ1v) is 12.5. The van der Waals surface area contributed by atoms with Crippen LogP contribution in [-0.2, 0) is 9.53 Å². The number of esters is 1. The molecule has 37 heavy (non-hydrogen) atoms. The lowest BCUT2D eigenvalue weighted by Crippen LogP contribution is -2.48. The van der Waals surface area contributed by atoms with E-state index in [1.807, 2.05) is 37.3 Å². The van der Waals surface area contributed by atoms with E-state index in [1.165, 1.54) is 0 Å². The minimum absolute atomic E-state index is 0.203. The second-order valence-corrected chi connectivity index (χ2v) is 8.90. The van der Waals surface area contributed by atoms with Crippen molar-refractivity contribution >= 4 is 40.9 Å². The first-order chi connectivity index (χ1) is 17.9. The average molecular weight is 518 g/mol. The molecule has 0 saturated heterocycles. The molecule has 1 aliphatic heterocycles. The van der Waals surface area contributed by atoms with Crippen LogP contribution >= 0.6 is 11.6 Å². The zero-order valence-electron chi connectivity index (χ0n) is 20.7. The molecule has 0 aromatic heterocycles. The number of carbonyl (C=O) groups excluding carboxylic acids is 3. The highest BCUT2D eigenvalue weighted by molar-refractivity contribution is 6.30. The predicted molar refractivity (Wildman–Crippen MR) is 144 cm³/mol. The topological polar surface area (TPSA) is 87.7 Å². The number of halogens is 1. The van der Waals surface area contributed by atoms with Gasteiger partial charge in [0.25, 0.3) is 5.91 Å². The molecule has 7 nitrogen and oxygen atoms in total. The summed E-state index contributed by atoms with van der Waals surface area (Å²) >= 11 is 5.91. The second-order valence-electron chi connectivity index (χ2n) is 8.47. The van der Waals surface area contributed by atoms with Crippen molar-refractivity contribution in [3.05, 3.63) is 106 Å². The van der Waals surface area contributed by atoms with Crippen LogP contribution in [0.1, 0.15) is 47.8 Å². The number of benzene rings is 3. The monoisotopic (exact) mass is 517 g/mol. The Labute approximate surface area is 221 Å². The molecule has 2 N–H and O–H groups in total. The SMILES string of the molecule is CCCN1C(=O)NC(c2ccc(NC(=O)c3ccc(Cl)cc3)cc2)C(C(=O)OCC)=C1c1ccccc1. The largest absolute Gasteiger partial charge is 0.463 e. The number of hydrogen-bond donors (Lipinski definition) is 2. The summed E-state index contributed by atoms with van der Waals surface area (Å²) in [6.45, 7) is 4.37.